The smallest absolute Gasteiger partial charge is 0.268 e. The van der Waals surface area contributed by atoms with E-state index in [1.807, 2.05) is 0 Å². The first kappa shape index (κ1) is 17.2. The molecule has 0 saturated carbocycles. The lowest BCUT2D eigenvalue weighted by Crippen LogP contribution is -2.22. The zero-order chi connectivity index (χ0) is 18.7. The van der Waals surface area contributed by atoms with Crippen LogP contribution in [0.25, 0.3) is 5.65 Å². The van der Waals surface area contributed by atoms with Gasteiger partial charge in [-0.3, -0.25) is 24.1 Å². The van der Waals surface area contributed by atoms with Gasteiger partial charge < -0.3 is 0 Å². The maximum atomic E-state index is 12.4. The van der Waals surface area contributed by atoms with E-state index >= 15 is 0 Å². The van der Waals surface area contributed by atoms with Crippen molar-refractivity contribution in [1.29, 1.82) is 0 Å². The van der Waals surface area contributed by atoms with Crippen LogP contribution in [-0.4, -0.2) is 26.4 Å². The molecule has 0 aliphatic rings. The monoisotopic (exact) mass is 371 g/mol. The molecular weight excluding hydrogens is 362 g/mol. The minimum atomic E-state index is -0.671. The van der Waals surface area contributed by atoms with E-state index in [1.165, 1.54) is 28.8 Å². The highest BCUT2D eigenvalue weighted by Crippen LogP contribution is 2.13. The van der Waals surface area contributed by atoms with E-state index in [0.29, 0.717) is 5.65 Å². The number of carbonyl (C=O) groups excluding carboxylic acids is 1. The number of carbonyl (C=O) groups is 1. The zero-order valence-electron chi connectivity index (χ0n) is 13.0. The number of amides is 1. The second kappa shape index (κ2) is 7.11. The average Bonchev–Trinajstić information content (AvgIpc) is 2.64. The highest BCUT2D eigenvalue weighted by molar-refractivity contribution is 6.32. The largest absolute Gasteiger partial charge is 0.271 e. The normalized spacial score (nSPS) is 11.0. The van der Waals surface area contributed by atoms with Crippen molar-refractivity contribution in [2.75, 3.05) is 0 Å². The molecule has 0 aliphatic carbocycles. The minimum absolute atomic E-state index is 0.00490. The van der Waals surface area contributed by atoms with Crippen LogP contribution in [0.2, 0.25) is 5.15 Å². The fourth-order valence-corrected chi connectivity index (χ4v) is 2.38. The Balaban J connectivity index is 1.84. The van der Waals surface area contributed by atoms with Gasteiger partial charge in [0.05, 0.1) is 16.7 Å². The van der Waals surface area contributed by atoms with Crippen molar-refractivity contribution in [2.45, 2.75) is 0 Å². The summed E-state index contributed by atoms with van der Waals surface area (Å²) in [7, 11) is 0. The fraction of sp³-hybridized carbons (Fsp3) is 0. The van der Waals surface area contributed by atoms with E-state index < -0.39 is 16.4 Å². The molecule has 0 aliphatic heterocycles. The molecule has 10 heteroatoms. The molecule has 0 fully saturated rings. The second-order valence-electron chi connectivity index (χ2n) is 5.06. The summed E-state index contributed by atoms with van der Waals surface area (Å²) >= 11 is 5.99. The molecule has 2 heterocycles. The molecule has 0 unspecified atom stereocenters. The highest BCUT2D eigenvalue weighted by atomic mass is 35.5. The van der Waals surface area contributed by atoms with Gasteiger partial charge in [0.2, 0.25) is 0 Å². The number of fused-ring (bicyclic) bond motifs is 1. The molecule has 130 valence electrons. The second-order valence-corrected chi connectivity index (χ2v) is 5.41. The van der Waals surface area contributed by atoms with Crippen LogP contribution in [0.3, 0.4) is 0 Å². The van der Waals surface area contributed by atoms with Crippen LogP contribution in [0, 0.1) is 10.1 Å². The summed E-state index contributed by atoms with van der Waals surface area (Å²) < 4.78 is 1.29. The standard InChI is InChI=1S/C16H10ClN5O4/c17-14-12(16(24)21-7-2-1-6-13(21)19-14)9-18-20-15(23)10-4-3-5-11(8-10)22(25)26/h1-9H,(H,20,23). The molecular formula is C16H10ClN5O4. The Morgan fingerprint density at radius 2 is 2.12 bits per heavy atom. The van der Waals surface area contributed by atoms with Crippen molar-refractivity contribution < 1.29 is 9.72 Å². The molecule has 1 aromatic carbocycles. The summed E-state index contributed by atoms with van der Waals surface area (Å²) in [5.74, 6) is -0.671. The summed E-state index contributed by atoms with van der Waals surface area (Å²) in [5.41, 5.74) is 1.94. The van der Waals surface area contributed by atoms with E-state index in [1.54, 1.807) is 18.2 Å². The highest BCUT2D eigenvalue weighted by Gasteiger charge is 2.12. The van der Waals surface area contributed by atoms with Crippen molar-refractivity contribution in [3.63, 3.8) is 0 Å². The number of hydrogen-bond acceptors (Lipinski definition) is 6. The van der Waals surface area contributed by atoms with Gasteiger partial charge in [-0.1, -0.05) is 23.7 Å². The van der Waals surface area contributed by atoms with Crippen molar-refractivity contribution in [3.05, 3.63) is 85.4 Å². The first-order chi connectivity index (χ1) is 12.5. The number of rotatable bonds is 4. The number of nitro benzene ring substituents is 1. The number of pyridine rings is 1. The minimum Gasteiger partial charge on any atom is -0.268 e. The number of halogens is 1. The van der Waals surface area contributed by atoms with E-state index in [2.05, 4.69) is 15.5 Å². The molecule has 1 amide bonds. The van der Waals surface area contributed by atoms with Gasteiger partial charge >= 0.3 is 0 Å². The molecule has 3 rings (SSSR count). The maximum Gasteiger partial charge on any atom is 0.271 e. The van der Waals surface area contributed by atoms with E-state index in [-0.39, 0.29) is 22.0 Å². The van der Waals surface area contributed by atoms with E-state index in [9.17, 15) is 19.7 Å². The van der Waals surface area contributed by atoms with E-state index in [4.69, 9.17) is 11.6 Å². The Labute approximate surface area is 150 Å². The third-order valence-corrected chi connectivity index (χ3v) is 3.69. The van der Waals surface area contributed by atoms with Crippen LogP contribution in [0.4, 0.5) is 5.69 Å². The van der Waals surface area contributed by atoms with Crippen molar-refractivity contribution in [2.24, 2.45) is 5.10 Å². The number of aromatic nitrogens is 2. The molecule has 0 saturated heterocycles. The number of nitro groups is 1. The fourth-order valence-electron chi connectivity index (χ4n) is 2.16. The third-order valence-electron chi connectivity index (χ3n) is 3.40. The number of benzene rings is 1. The maximum absolute atomic E-state index is 12.4. The molecule has 9 nitrogen and oxygen atoms in total. The Morgan fingerprint density at radius 3 is 2.88 bits per heavy atom. The van der Waals surface area contributed by atoms with Crippen molar-refractivity contribution >= 4 is 35.1 Å². The van der Waals surface area contributed by atoms with Crippen LogP contribution < -0.4 is 11.0 Å². The van der Waals surface area contributed by atoms with Gasteiger partial charge in [0.25, 0.3) is 17.2 Å². The summed E-state index contributed by atoms with van der Waals surface area (Å²) in [6.07, 6.45) is 2.60. The molecule has 0 atom stereocenters. The van der Waals surface area contributed by atoms with Crippen molar-refractivity contribution in [3.8, 4) is 0 Å². The molecule has 26 heavy (non-hydrogen) atoms. The average molecular weight is 372 g/mol. The number of nitrogens with one attached hydrogen (secondary N) is 1. The van der Waals surface area contributed by atoms with Crippen LogP contribution in [0.15, 0.2) is 58.6 Å². The number of non-ortho nitro benzene ring substituents is 1. The van der Waals surface area contributed by atoms with Gasteiger partial charge in [0, 0.05) is 23.9 Å². The van der Waals surface area contributed by atoms with Gasteiger partial charge in [-0.15, -0.1) is 0 Å². The van der Waals surface area contributed by atoms with Crippen LogP contribution in [0.1, 0.15) is 15.9 Å². The van der Waals surface area contributed by atoms with Crippen molar-refractivity contribution in [1.82, 2.24) is 14.8 Å². The number of nitrogens with zero attached hydrogens (tertiary/aromatic N) is 4. The lowest BCUT2D eigenvalue weighted by Gasteiger charge is -2.03. The van der Waals surface area contributed by atoms with Gasteiger partial charge in [0.15, 0.2) is 0 Å². The first-order valence-corrected chi connectivity index (χ1v) is 7.60. The summed E-state index contributed by atoms with van der Waals surface area (Å²) in [6.45, 7) is 0. The first-order valence-electron chi connectivity index (χ1n) is 7.22. The Bertz CT molecular complexity index is 1110. The summed E-state index contributed by atoms with van der Waals surface area (Å²) in [4.78, 5) is 38.6. The predicted octanol–water partition coefficient (Wildman–Crippen LogP) is 2.02. The van der Waals surface area contributed by atoms with Gasteiger partial charge in [-0.05, 0) is 18.2 Å². The molecule has 0 spiro atoms. The third kappa shape index (κ3) is 3.42. The van der Waals surface area contributed by atoms with Crippen LogP contribution in [-0.2, 0) is 0 Å². The lowest BCUT2D eigenvalue weighted by molar-refractivity contribution is -0.384. The Morgan fingerprint density at radius 1 is 1.31 bits per heavy atom. The number of hydrogen-bond donors (Lipinski definition) is 1. The molecule has 1 N–H and O–H groups in total. The molecule has 0 radical (unpaired) electrons. The zero-order valence-corrected chi connectivity index (χ0v) is 13.8. The topological polar surface area (TPSA) is 119 Å². The summed E-state index contributed by atoms with van der Waals surface area (Å²) in [5, 5.41) is 14.4. The Kier molecular flexibility index (Phi) is 4.72. The van der Waals surface area contributed by atoms with E-state index in [0.717, 1.165) is 12.3 Å². The van der Waals surface area contributed by atoms with Gasteiger partial charge in [-0.2, -0.15) is 5.10 Å². The Hall–Kier alpha value is -3.59. The molecule has 0 bridgehead atoms. The predicted molar refractivity (Wildman–Crippen MR) is 94.6 cm³/mol. The molecule has 3 aromatic rings. The molecule has 2 aromatic heterocycles. The van der Waals surface area contributed by atoms with Gasteiger partial charge in [-0.25, -0.2) is 10.4 Å². The van der Waals surface area contributed by atoms with Gasteiger partial charge in [0.1, 0.15) is 10.8 Å². The SMILES string of the molecule is O=C(NN=Cc1c(Cl)nc2ccccn2c1=O)c1cccc([N+](=O)[O-])c1. The quantitative estimate of drug-likeness (QED) is 0.325. The number of hydrazone groups is 1. The van der Waals surface area contributed by atoms with Crippen LogP contribution >= 0.6 is 11.6 Å². The van der Waals surface area contributed by atoms with Crippen LogP contribution in [0.5, 0.6) is 0 Å². The summed E-state index contributed by atoms with van der Waals surface area (Å²) in [6, 6.07) is 10.2. The lowest BCUT2D eigenvalue weighted by atomic mass is 10.2.